The number of nitrogens with one attached hydrogen (secondary N) is 3. The van der Waals surface area contributed by atoms with Gasteiger partial charge in [-0.15, -0.1) is 0 Å². The highest BCUT2D eigenvalue weighted by Crippen LogP contribution is 2.28. The van der Waals surface area contributed by atoms with Crippen molar-refractivity contribution < 1.29 is 4.79 Å². The number of aromatic amines is 2. The second kappa shape index (κ2) is 8.51. The maximum atomic E-state index is 12.3. The van der Waals surface area contributed by atoms with E-state index in [1.54, 1.807) is 12.5 Å². The Morgan fingerprint density at radius 1 is 0.969 bits per heavy atom. The summed E-state index contributed by atoms with van der Waals surface area (Å²) in [6, 6.07) is 22.3. The minimum Gasteiger partial charge on any atom is -0.348 e. The van der Waals surface area contributed by atoms with E-state index in [2.05, 4.69) is 51.5 Å². The first kappa shape index (κ1) is 19.8. The van der Waals surface area contributed by atoms with Crippen LogP contribution in [-0.2, 0) is 11.2 Å². The lowest BCUT2D eigenvalue weighted by Gasteiger charge is -2.08. The number of H-pyrrole nitrogens is 2. The fraction of sp³-hybridized carbons (Fsp3) is 0.115. The molecule has 0 saturated heterocycles. The molecule has 0 bridgehead atoms. The molecule has 158 valence electrons. The molecule has 6 heteroatoms. The molecule has 0 aliphatic heterocycles. The quantitative estimate of drug-likeness (QED) is 0.338. The van der Waals surface area contributed by atoms with Crippen LogP contribution in [0.1, 0.15) is 17.7 Å². The lowest BCUT2D eigenvalue weighted by atomic mass is 10.0. The SMILES string of the molecule is Cc1cccc2[nH]c(-c3cccc(-c4cccc(NC(=O)CCc5cnc[nH]5)c4)c3)nc12. The summed E-state index contributed by atoms with van der Waals surface area (Å²) in [5.41, 5.74) is 8.02. The average Bonchev–Trinajstić information content (AvgIpc) is 3.49. The number of hydrogen-bond donors (Lipinski definition) is 3. The Hall–Kier alpha value is -4.19. The first-order chi connectivity index (χ1) is 15.7. The standard InChI is InChI=1S/C26H23N5O/c1-17-5-2-10-23-25(17)31-26(30-23)20-8-3-6-18(13-20)19-7-4-9-21(14-19)29-24(32)12-11-22-15-27-16-28-22/h2-10,13-16H,11-12H2,1H3,(H,27,28)(H,29,32)(H,30,31). The maximum absolute atomic E-state index is 12.3. The van der Waals surface area contributed by atoms with Gasteiger partial charge in [0.1, 0.15) is 5.82 Å². The van der Waals surface area contributed by atoms with Crippen molar-refractivity contribution in [3.63, 3.8) is 0 Å². The normalized spacial score (nSPS) is 11.0. The van der Waals surface area contributed by atoms with Crippen molar-refractivity contribution in [3.05, 3.63) is 90.5 Å². The van der Waals surface area contributed by atoms with Gasteiger partial charge < -0.3 is 15.3 Å². The molecular weight excluding hydrogens is 398 g/mol. The third kappa shape index (κ3) is 4.16. The number of aryl methyl sites for hydroxylation is 2. The molecule has 0 aliphatic carbocycles. The minimum atomic E-state index is -0.0249. The molecule has 6 nitrogen and oxygen atoms in total. The number of para-hydroxylation sites is 1. The van der Waals surface area contributed by atoms with Gasteiger partial charge in [-0.2, -0.15) is 0 Å². The zero-order valence-electron chi connectivity index (χ0n) is 17.7. The van der Waals surface area contributed by atoms with Gasteiger partial charge in [-0.3, -0.25) is 4.79 Å². The van der Waals surface area contributed by atoms with Gasteiger partial charge in [0, 0.05) is 29.6 Å². The van der Waals surface area contributed by atoms with Crippen LogP contribution >= 0.6 is 0 Å². The third-order valence-corrected chi connectivity index (χ3v) is 5.51. The van der Waals surface area contributed by atoms with E-state index >= 15 is 0 Å². The lowest BCUT2D eigenvalue weighted by molar-refractivity contribution is -0.116. The summed E-state index contributed by atoms with van der Waals surface area (Å²) in [5.74, 6) is 0.822. The van der Waals surface area contributed by atoms with Gasteiger partial charge in [0.15, 0.2) is 0 Å². The van der Waals surface area contributed by atoms with Crippen LogP contribution in [0.5, 0.6) is 0 Å². The molecule has 2 aromatic heterocycles. The van der Waals surface area contributed by atoms with Crippen molar-refractivity contribution in [3.8, 4) is 22.5 Å². The Morgan fingerprint density at radius 2 is 1.75 bits per heavy atom. The van der Waals surface area contributed by atoms with Gasteiger partial charge in [-0.25, -0.2) is 9.97 Å². The van der Waals surface area contributed by atoms with Gasteiger partial charge in [0.05, 0.1) is 17.4 Å². The van der Waals surface area contributed by atoms with Crippen LogP contribution in [0.15, 0.2) is 79.3 Å². The number of nitrogens with zero attached hydrogens (tertiary/aromatic N) is 2. The number of fused-ring (bicyclic) bond motifs is 1. The Bertz CT molecular complexity index is 1380. The van der Waals surface area contributed by atoms with E-state index < -0.39 is 0 Å². The zero-order valence-corrected chi connectivity index (χ0v) is 17.7. The zero-order chi connectivity index (χ0) is 21.9. The molecule has 2 heterocycles. The Kier molecular flexibility index (Phi) is 5.25. The molecule has 0 aliphatic rings. The van der Waals surface area contributed by atoms with Gasteiger partial charge >= 0.3 is 0 Å². The number of aromatic nitrogens is 4. The highest BCUT2D eigenvalue weighted by atomic mass is 16.1. The van der Waals surface area contributed by atoms with Crippen LogP contribution in [0.4, 0.5) is 5.69 Å². The van der Waals surface area contributed by atoms with E-state index in [0.717, 1.165) is 50.5 Å². The highest BCUT2D eigenvalue weighted by molar-refractivity contribution is 5.91. The second-order valence-corrected chi connectivity index (χ2v) is 7.84. The summed E-state index contributed by atoms with van der Waals surface area (Å²) in [4.78, 5) is 27.6. The third-order valence-electron chi connectivity index (χ3n) is 5.51. The smallest absolute Gasteiger partial charge is 0.224 e. The number of anilines is 1. The van der Waals surface area contributed by atoms with E-state index in [4.69, 9.17) is 4.98 Å². The Morgan fingerprint density at radius 3 is 2.56 bits per heavy atom. The summed E-state index contributed by atoms with van der Waals surface area (Å²) in [6.07, 6.45) is 4.39. The van der Waals surface area contributed by atoms with Crippen molar-refractivity contribution in [1.82, 2.24) is 19.9 Å². The number of benzene rings is 3. The fourth-order valence-electron chi connectivity index (χ4n) is 3.83. The first-order valence-electron chi connectivity index (χ1n) is 10.6. The van der Waals surface area contributed by atoms with E-state index in [1.165, 1.54) is 0 Å². The summed E-state index contributed by atoms with van der Waals surface area (Å²) < 4.78 is 0. The number of amides is 1. The number of rotatable bonds is 6. The molecule has 0 unspecified atom stereocenters. The number of carbonyl (C=O) groups excluding carboxylic acids is 1. The summed E-state index contributed by atoms with van der Waals surface area (Å²) in [5, 5.41) is 2.99. The van der Waals surface area contributed by atoms with Crippen molar-refractivity contribution in [2.75, 3.05) is 5.32 Å². The molecule has 5 rings (SSSR count). The van der Waals surface area contributed by atoms with Crippen molar-refractivity contribution in [1.29, 1.82) is 0 Å². The molecule has 0 fully saturated rings. The van der Waals surface area contributed by atoms with E-state index in [9.17, 15) is 4.79 Å². The van der Waals surface area contributed by atoms with Gasteiger partial charge in [-0.05, 0) is 54.3 Å². The topological polar surface area (TPSA) is 86.5 Å². The van der Waals surface area contributed by atoms with E-state index in [-0.39, 0.29) is 5.91 Å². The van der Waals surface area contributed by atoms with Crippen LogP contribution in [0.25, 0.3) is 33.5 Å². The number of imidazole rings is 2. The largest absolute Gasteiger partial charge is 0.348 e. The van der Waals surface area contributed by atoms with Gasteiger partial charge in [0.2, 0.25) is 5.91 Å². The number of hydrogen-bond acceptors (Lipinski definition) is 3. The highest BCUT2D eigenvalue weighted by Gasteiger charge is 2.09. The van der Waals surface area contributed by atoms with Crippen LogP contribution in [0.2, 0.25) is 0 Å². The average molecular weight is 422 g/mol. The van der Waals surface area contributed by atoms with Gasteiger partial charge in [0.25, 0.3) is 0 Å². The molecule has 0 saturated carbocycles. The van der Waals surface area contributed by atoms with E-state index in [0.29, 0.717) is 12.8 Å². The molecule has 0 spiro atoms. The van der Waals surface area contributed by atoms with Crippen LogP contribution in [0.3, 0.4) is 0 Å². The van der Waals surface area contributed by atoms with Crippen LogP contribution in [-0.4, -0.2) is 25.8 Å². The molecule has 32 heavy (non-hydrogen) atoms. The molecule has 0 radical (unpaired) electrons. The van der Waals surface area contributed by atoms with E-state index in [1.807, 2.05) is 42.5 Å². The lowest BCUT2D eigenvalue weighted by Crippen LogP contribution is -2.12. The fourth-order valence-corrected chi connectivity index (χ4v) is 3.83. The predicted molar refractivity (Wildman–Crippen MR) is 127 cm³/mol. The molecule has 0 atom stereocenters. The molecule has 1 amide bonds. The number of carbonyl (C=O) groups is 1. The molecule has 5 aromatic rings. The molecular formula is C26H23N5O. The second-order valence-electron chi connectivity index (χ2n) is 7.84. The predicted octanol–water partition coefficient (Wildman–Crippen LogP) is 5.50. The van der Waals surface area contributed by atoms with Crippen LogP contribution < -0.4 is 5.32 Å². The summed E-state index contributed by atoms with van der Waals surface area (Å²) in [7, 11) is 0. The summed E-state index contributed by atoms with van der Waals surface area (Å²) in [6.45, 7) is 2.07. The van der Waals surface area contributed by atoms with Gasteiger partial charge in [-0.1, -0.05) is 42.5 Å². The van der Waals surface area contributed by atoms with Crippen molar-refractivity contribution in [2.45, 2.75) is 19.8 Å². The molecule has 3 aromatic carbocycles. The van der Waals surface area contributed by atoms with Crippen molar-refractivity contribution in [2.24, 2.45) is 0 Å². The van der Waals surface area contributed by atoms with Crippen LogP contribution in [0, 0.1) is 6.92 Å². The monoisotopic (exact) mass is 421 g/mol. The minimum absolute atomic E-state index is 0.0249. The Balaban J connectivity index is 1.36. The Labute approximate surface area is 185 Å². The molecule has 3 N–H and O–H groups in total. The summed E-state index contributed by atoms with van der Waals surface area (Å²) >= 11 is 0. The van der Waals surface area contributed by atoms with Crippen molar-refractivity contribution >= 4 is 22.6 Å². The first-order valence-corrected chi connectivity index (χ1v) is 10.6. The maximum Gasteiger partial charge on any atom is 0.224 e.